The molecule has 0 amide bonds. The van der Waals surface area contributed by atoms with Crippen molar-refractivity contribution in [2.24, 2.45) is 0 Å². The van der Waals surface area contributed by atoms with Crippen molar-refractivity contribution in [1.82, 2.24) is 5.32 Å². The Bertz CT molecular complexity index is 639. The molecule has 20 heavy (non-hydrogen) atoms. The first-order chi connectivity index (χ1) is 9.69. The van der Waals surface area contributed by atoms with Gasteiger partial charge in [-0.05, 0) is 66.8 Å². The molecule has 0 spiro atoms. The van der Waals surface area contributed by atoms with E-state index in [9.17, 15) is 4.39 Å². The number of nitrogens with one attached hydrogen (secondary N) is 1. The molecule has 0 aliphatic heterocycles. The minimum atomic E-state index is -0.259. The molecule has 1 unspecified atom stereocenters. The van der Waals surface area contributed by atoms with Crippen LogP contribution in [0.4, 0.5) is 4.39 Å². The molecule has 0 saturated carbocycles. The second-order valence-electron chi connectivity index (χ2n) is 5.27. The average Bonchev–Trinajstić information content (AvgIpc) is 2.91. The van der Waals surface area contributed by atoms with E-state index in [4.69, 9.17) is 11.6 Å². The van der Waals surface area contributed by atoms with Crippen LogP contribution >= 0.6 is 11.6 Å². The Kier molecular flexibility index (Phi) is 3.77. The lowest BCUT2D eigenvalue weighted by Gasteiger charge is -2.19. The summed E-state index contributed by atoms with van der Waals surface area (Å²) in [5.41, 5.74) is 4.77. The summed E-state index contributed by atoms with van der Waals surface area (Å²) in [6.07, 6.45) is 3.53. The van der Waals surface area contributed by atoms with E-state index in [2.05, 4.69) is 23.5 Å². The van der Waals surface area contributed by atoms with Crippen molar-refractivity contribution in [2.75, 3.05) is 7.05 Å². The summed E-state index contributed by atoms with van der Waals surface area (Å²) < 4.78 is 13.5. The van der Waals surface area contributed by atoms with Crippen molar-refractivity contribution in [1.29, 1.82) is 0 Å². The number of hydrogen-bond acceptors (Lipinski definition) is 1. The summed E-state index contributed by atoms with van der Waals surface area (Å²) in [5, 5.41) is 3.83. The van der Waals surface area contributed by atoms with E-state index in [0.717, 1.165) is 17.5 Å². The Hall–Kier alpha value is -1.38. The second-order valence-corrected chi connectivity index (χ2v) is 5.68. The summed E-state index contributed by atoms with van der Waals surface area (Å²) in [6, 6.07) is 11.0. The smallest absolute Gasteiger partial charge is 0.123 e. The number of aryl methyl sites for hydroxylation is 2. The Morgan fingerprint density at radius 1 is 1.10 bits per heavy atom. The number of hydrogen-bond donors (Lipinski definition) is 1. The zero-order chi connectivity index (χ0) is 14.1. The van der Waals surface area contributed by atoms with E-state index in [1.165, 1.54) is 36.1 Å². The molecule has 0 radical (unpaired) electrons. The maximum atomic E-state index is 13.5. The highest BCUT2D eigenvalue weighted by Crippen LogP contribution is 2.31. The van der Waals surface area contributed by atoms with Crippen molar-refractivity contribution in [3.8, 4) is 0 Å². The van der Waals surface area contributed by atoms with Gasteiger partial charge in [-0.25, -0.2) is 4.39 Å². The third-order valence-corrected chi connectivity index (χ3v) is 4.36. The fourth-order valence-electron chi connectivity index (χ4n) is 3.01. The number of benzene rings is 2. The van der Waals surface area contributed by atoms with E-state index in [0.29, 0.717) is 5.02 Å². The van der Waals surface area contributed by atoms with E-state index in [1.807, 2.05) is 7.05 Å². The van der Waals surface area contributed by atoms with Gasteiger partial charge in [-0.3, -0.25) is 0 Å². The minimum absolute atomic E-state index is 0.0795. The van der Waals surface area contributed by atoms with Gasteiger partial charge in [0.1, 0.15) is 5.82 Å². The lowest BCUT2D eigenvalue weighted by Crippen LogP contribution is -2.18. The van der Waals surface area contributed by atoms with Crippen molar-refractivity contribution in [3.63, 3.8) is 0 Å². The zero-order valence-electron chi connectivity index (χ0n) is 11.4. The van der Waals surface area contributed by atoms with Crippen LogP contribution in [0.15, 0.2) is 36.4 Å². The predicted octanol–water partition coefficient (Wildman–Crippen LogP) is 4.28. The van der Waals surface area contributed by atoms with Gasteiger partial charge in [-0.1, -0.05) is 29.8 Å². The second kappa shape index (κ2) is 5.55. The van der Waals surface area contributed by atoms with Crippen LogP contribution in [-0.4, -0.2) is 7.05 Å². The molecule has 0 bridgehead atoms. The van der Waals surface area contributed by atoms with Crippen LogP contribution in [0.1, 0.15) is 34.7 Å². The molecule has 1 N–H and O–H groups in total. The molecule has 0 aromatic heterocycles. The van der Waals surface area contributed by atoms with E-state index >= 15 is 0 Å². The first-order valence-electron chi connectivity index (χ1n) is 6.93. The maximum Gasteiger partial charge on any atom is 0.123 e. The quantitative estimate of drug-likeness (QED) is 0.889. The average molecular weight is 290 g/mol. The fourth-order valence-corrected chi connectivity index (χ4v) is 3.24. The van der Waals surface area contributed by atoms with Crippen LogP contribution in [0.2, 0.25) is 5.02 Å². The third kappa shape index (κ3) is 2.46. The molecule has 3 rings (SSSR count). The summed E-state index contributed by atoms with van der Waals surface area (Å²) in [5.74, 6) is -0.259. The molecule has 1 aliphatic rings. The van der Waals surface area contributed by atoms with Crippen molar-refractivity contribution < 1.29 is 4.39 Å². The zero-order valence-corrected chi connectivity index (χ0v) is 12.2. The first-order valence-corrected chi connectivity index (χ1v) is 7.31. The Balaban J connectivity index is 2.03. The molecule has 3 heteroatoms. The van der Waals surface area contributed by atoms with Crippen molar-refractivity contribution in [2.45, 2.75) is 25.3 Å². The monoisotopic (exact) mass is 289 g/mol. The van der Waals surface area contributed by atoms with Gasteiger partial charge in [0, 0.05) is 5.02 Å². The van der Waals surface area contributed by atoms with Crippen LogP contribution in [0, 0.1) is 5.82 Å². The highest BCUT2D eigenvalue weighted by atomic mass is 35.5. The normalized spacial score (nSPS) is 15.2. The van der Waals surface area contributed by atoms with Gasteiger partial charge in [0.15, 0.2) is 0 Å². The van der Waals surface area contributed by atoms with Crippen LogP contribution in [-0.2, 0) is 12.8 Å². The van der Waals surface area contributed by atoms with Gasteiger partial charge >= 0.3 is 0 Å². The van der Waals surface area contributed by atoms with Gasteiger partial charge in [0.05, 0.1) is 6.04 Å². The largest absolute Gasteiger partial charge is 0.309 e. The molecule has 0 saturated heterocycles. The molecule has 2 aromatic carbocycles. The molecule has 0 heterocycles. The van der Waals surface area contributed by atoms with E-state index in [-0.39, 0.29) is 11.9 Å². The van der Waals surface area contributed by atoms with Crippen LogP contribution < -0.4 is 5.32 Å². The highest BCUT2D eigenvalue weighted by molar-refractivity contribution is 6.31. The van der Waals surface area contributed by atoms with E-state index < -0.39 is 0 Å². The van der Waals surface area contributed by atoms with Crippen LogP contribution in [0.3, 0.4) is 0 Å². The molecule has 0 fully saturated rings. The van der Waals surface area contributed by atoms with Crippen LogP contribution in [0.25, 0.3) is 0 Å². The Labute approximate surface area is 123 Å². The summed E-state index contributed by atoms with van der Waals surface area (Å²) in [6.45, 7) is 0. The Morgan fingerprint density at radius 2 is 1.90 bits per heavy atom. The fraction of sp³-hybridized carbons (Fsp3) is 0.294. The topological polar surface area (TPSA) is 12.0 Å². The third-order valence-electron chi connectivity index (χ3n) is 4.01. The Morgan fingerprint density at radius 3 is 2.70 bits per heavy atom. The lowest BCUT2D eigenvalue weighted by molar-refractivity contribution is 0.616. The van der Waals surface area contributed by atoms with Crippen molar-refractivity contribution >= 4 is 11.6 Å². The lowest BCUT2D eigenvalue weighted by atomic mass is 9.95. The number of rotatable bonds is 3. The van der Waals surface area contributed by atoms with Gasteiger partial charge < -0.3 is 5.32 Å². The first kappa shape index (κ1) is 13.6. The molecule has 104 valence electrons. The molecular formula is C17H17ClFN. The van der Waals surface area contributed by atoms with Gasteiger partial charge in [0.25, 0.3) is 0 Å². The highest BCUT2D eigenvalue weighted by Gasteiger charge is 2.18. The summed E-state index contributed by atoms with van der Waals surface area (Å²) in [7, 11) is 1.87. The SMILES string of the molecule is CNC(c1ccc2c(c1)CCC2)c1cc(F)ccc1Cl. The maximum absolute atomic E-state index is 13.5. The van der Waals surface area contributed by atoms with E-state index in [1.54, 1.807) is 6.07 Å². The number of halogens is 2. The van der Waals surface area contributed by atoms with Crippen LogP contribution in [0.5, 0.6) is 0 Å². The summed E-state index contributed by atoms with van der Waals surface area (Å²) >= 11 is 6.23. The standard InChI is InChI=1S/C17H17ClFN/c1-20-17(15-10-14(19)7-8-16(15)18)13-6-5-11-3-2-4-12(11)9-13/h5-10,17,20H,2-4H2,1H3. The van der Waals surface area contributed by atoms with Gasteiger partial charge in [-0.2, -0.15) is 0 Å². The summed E-state index contributed by atoms with van der Waals surface area (Å²) in [4.78, 5) is 0. The molecule has 1 aliphatic carbocycles. The number of fused-ring (bicyclic) bond motifs is 1. The van der Waals surface area contributed by atoms with Gasteiger partial charge in [-0.15, -0.1) is 0 Å². The molecule has 2 aromatic rings. The molecular weight excluding hydrogens is 273 g/mol. The molecule has 1 atom stereocenters. The molecule has 1 nitrogen and oxygen atoms in total. The predicted molar refractivity (Wildman–Crippen MR) is 80.8 cm³/mol. The minimum Gasteiger partial charge on any atom is -0.309 e. The van der Waals surface area contributed by atoms with Crippen molar-refractivity contribution in [3.05, 3.63) is 69.5 Å². The van der Waals surface area contributed by atoms with Gasteiger partial charge in [0.2, 0.25) is 0 Å².